The van der Waals surface area contributed by atoms with E-state index < -0.39 is 11.9 Å². The van der Waals surface area contributed by atoms with Gasteiger partial charge in [0.2, 0.25) is 0 Å². The van der Waals surface area contributed by atoms with Crippen molar-refractivity contribution < 1.29 is 13.9 Å². The van der Waals surface area contributed by atoms with Crippen molar-refractivity contribution in [3.63, 3.8) is 0 Å². The number of benzene rings is 1. The van der Waals surface area contributed by atoms with Crippen LogP contribution in [0.5, 0.6) is 11.5 Å². The van der Waals surface area contributed by atoms with Crippen molar-refractivity contribution in [3.05, 3.63) is 21.9 Å². The molecule has 0 bridgehead atoms. The van der Waals surface area contributed by atoms with Crippen LogP contribution < -0.4 is 15.2 Å². The maximum Gasteiger partial charge on any atom is 0.175 e. The summed E-state index contributed by atoms with van der Waals surface area (Å²) < 4.78 is 24.2. The van der Waals surface area contributed by atoms with Crippen LogP contribution in [0, 0.1) is 5.82 Å². The molecule has 0 saturated heterocycles. The van der Waals surface area contributed by atoms with Gasteiger partial charge in [-0.2, -0.15) is 0 Å². The summed E-state index contributed by atoms with van der Waals surface area (Å²) in [6.07, 6.45) is 0. The molecule has 0 aliphatic carbocycles. The van der Waals surface area contributed by atoms with E-state index in [9.17, 15) is 4.39 Å². The summed E-state index contributed by atoms with van der Waals surface area (Å²) in [5, 5.41) is 0. The van der Waals surface area contributed by atoms with Crippen LogP contribution in [0.3, 0.4) is 0 Å². The SMILES string of the molecule is COc1cc(F)c(C(C)N)c(Br)c1OC. The molecule has 5 heteroatoms. The van der Waals surface area contributed by atoms with Gasteiger partial charge in [-0.1, -0.05) is 0 Å². The van der Waals surface area contributed by atoms with Gasteiger partial charge in [-0.3, -0.25) is 0 Å². The minimum absolute atomic E-state index is 0.339. The van der Waals surface area contributed by atoms with E-state index in [0.29, 0.717) is 21.5 Å². The fourth-order valence-electron chi connectivity index (χ4n) is 1.35. The molecule has 2 N–H and O–H groups in total. The van der Waals surface area contributed by atoms with Crippen LogP contribution >= 0.6 is 15.9 Å². The molecule has 84 valence electrons. The predicted molar refractivity (Wildman–Crippen MR) is 59.8 cm³/mol. The second-order valence-electron chi connectivity index (χ2n) is 3.11. The van der Waals surface area contributed by atoms with E-state index in [0.717, 1.165) is 0 Å². The molecule has 1 aromatic carbocycles. The molecule has 0 fully saturated rings. The molecule has 0 saturated carbocycles. The van der Waals surface area contributed by atoms with Gasteiger partial charge in [-0.15, -0.1) is 0 Å². The molecule has 1 rings (SSSR count). The van der Waals surface area contributed by atoms with Crippen molar-refractivity contribution in [2.45, 2.75) is 13.0 Å². The first kappa shape index (κ1) is 12.3. The maximum absolute atomic E-state index is 13.6. The lowest BCUT2D eigenvalue weighted by atomic mass is 10.1. The van der Waals surface area contributed by atoms with E-state index in [2.05, 4.69) is 15.9 Å². The predicted octanol–water partition coefficient (Wildman–Crippen LogP) is 2.63. The molecule has 1 unspecified atom stereocenters. The molecular formula is C10H13BrFNO2. The number of nitrogens with two attached hydrogens (primary N) is 1. The third-order valence-electron chi connectivity index (χ3n) is 2.05. The number of halogens is 2. The minimum Gasteiger partial charge on any atom is -0.493 e. The van der Waals surface area contributed by atoms with Gasteiger partial charge in [0.15, 0.2) is 11.5 Å². The molecule has 0 amide bonds. The summed E-state index contributed by atoms with van der Waals surface area (Å²) in [7, 11) is 2.95. The summed E-state index contributed by atoms with van der Waals surface area (Å²) >= 11 is 3.26. The third-order valence-corrected chi connectivity index (χ3v) is 2.84. The first-order chi connectivity index (χ1) is 7.02. The Kier molecular flexibility index (Phi) is 3.93. The highest BCUT2D eigenvalue weighted by molar-refractivity contribution is 9.10. The Morgan fingerprint density at radius 3 is 2.40 bits per heavy atom. The Morgan fingerprint density at radius 2 is 2.00 bits per heavy atom. The molecule has 3 nitrogen and oxygen atoms in total. The molecule has 1 aromatic rings. The highest BCUT2D eigenvalue weighted by atomic mass is 79.9. The monoisotopic (exact) mass is 277 g/mol. The van der Waals surface area contributed by atoms with Crippen LogP contribution in [-0.2, 0) is 0 Å². The number of rotatable bonds is 3. The Bertz CT molecular complexity index is 369. The van der Waals surface area contributed by atoms with Gasteiger partial charge in [0.1, 0.15) is 5.82 Å². The lowest BCUT2D eigenvalue weighted by molar-refractivity contribution is 0.349. The Balaban J connectivity index is 3.44. The van der Waals surface area contributed by atoms with Crippen molar-refractivity contribution >= 4 is 15.9 Å². The molecule has 1 atom stereocenters. The van der Waals surface area contributed by atoms with E-state index in [-0.39, 0.29) is 0 Å². The summed E-state index contributed by atoms with van der Waals surface area (Å²) in [5.41, 5.74) is 6.05. The van der Waals surface area contributed by atoms with Gasteiger partial charge in [0, 0.05) is 17.7 Å². The van der Waals surface area contributed by atoms with Gasteiger partial charge >= 0.3 is 0 Å². The van der Waals surface area contributed by atoms with Crippen LogP contribution in [0.4, 0.5) is 4.39 Å². The first-order valence-corrected chi connectivity index (χ1v) is 5.17. The van der Waals surface area contributed by atoms with Crippen molar-refractivity contribution in [1.82, 2.24) is 0 Å². The van der Waals surface area contributed by atoms with Crippen molar-refractivity contribution in [3.8, 4) is 11.5 Å². The van der Waals surface area contributed by atoms with Crippen LogP contribution in [-0.4, -0.2) is 14.2 Å². The van der Waals surface area contributed by atoms with Gasteiger partial charge in [0.25, 0.3) is 0 Å². The summed E-state index contributed by atoms with van der Waals surface area (Å²) in [4.78, 5) is 0. The number of ether oxygens (including phenoxy) is 2. The molecular weight excluding hydrogens is 265 g/mol. The average Bonchev–Trinajstić information content (AvgIpc) is 2.16. The largest absolute Gasteiger partial charge is 0.493 e. The smallest absolute Gasteiger partial charge is 0.175 e. The molecule has 0 radical (unpaired) electrons. The summed E-state index contributed by atoms with van der Waals surface area (Å²) in [6, 6.07) is 0.849. The lowest BCUT2D eigenvalue weighted by Crippen LogP contribution is -2.09. The zero-order valence-electron chi connectivity index (χ0n) is 8.80. The number of hydrogen-bond donors (Lipinski definition) is 1. The normalized spacial score (nSPS) is 12.4. The second kappa shape index (κ2) is 4.81. The molecule has 0 heterocycles. The standard InChI is InChI=1S/C10H13BrFNO2/c1-5(13)8-6(12)4-7(14-2)10(15-3)9(8)11/h4-5H,13H2,1-3H3. The maximum atomic E-state index is 13.6. The van der Waals surface area contributed by atoms with Gasteiger partial charge in [0.05, 0.1) is 18.7 Å². The minimum atomic E-state index is -0.417. The van der Waals surface area contributed by atoms with Gasteiger partial charge < -0.3 is 15.2 Å². The molecule has 0 aliphatic heterocycles. The third kappa shape index (κ3) is 2.23. The Labute approximate surface area is 96.5 Å². The van der Waals surface area contributed by atoms with Crippen molar-refractivity contribution in [2.24, 2.45) is 5.73 Å². The van der Waals surface area contributed by atoms with Crippen LogP contribution in [0.15, 0.2) is 10.5 Å². The second-order valence-corrected chi connectivity index (χ2v) is 3.90. The highest BCUT2D eigenvalue weighted by Crippen LogP contribution is 2.40. The van der Waals surface area contributed by atoms with E-state index in [1.807, 2.05) is 0 Å². The number of methoxy groups -OCH3 is 2. The van der Waals surface area contributed by atoms with Crippen molar-refractivity contribution in [2.75, 3.05) is 14.2 Å². The van der Waals surface area contributed by atoms with Gasteiger partial charge in [-0.05, 0) is 22.9 Å². The van der Waals surface area contributed by atoms with E-state index in [1.54, 1.807) is 6.92 Å². The fraction of sp³-hybridized carbons (Fsp3) is 0.400. The molecule has 0 spiro atoms. The first-order valence-electron chi connectivity index (χ1n) is 4.38. The van der Waals surface area contributed by atoms with Crippen LogP contribution in [0.2, 0.25) is 0 Å². The van der Waals surface area contributed by atoms with Crippen LogP contribution in [0.25, 0.3) is 0 Å². The molecule has 0 aliphatic rings. The average molecular weight is 278 g/mol. The Morgan fingerprint density at radius 1 is 1.40 bits per heavy atom. The van der Waals surface area contributed by atoms with E-state index >= 15 is 0 Å². The zero-order valence-corrected chi connectivity index (χ0v) is 10.4. The summed E-state index contributed by atoms with van der Waals surface area (Å²) in [6.45, 7) is 1.70. The summed E-state index contributed by atoms with van der Waals surface area (Å²) in [5.74, 6) is 0.381. The molecule has 0 aromatic heterocycles. The quantitative estimate of drug-likeness (QED) is 0.924. The van der Waals surface area contributed by atoms with Crippen LogP contribution in [0.1, 0.15) is 18.5 Å². The highest BCUT2D eigenvalue weighted by Gasteiger charge is 2.20. The van der Waals surface area contributed by atoms with E-state index in [4.69, 9.17) is 15.2 Å². The zero-order chi connectivity index (χ0) is 11.6. The topological polar surface area (TPSA) is 44.5 Å². The van der Waals surface area contributed by atoms with Crippen molar-refractivity contribution in [1.29, 1.82) is 0 Å². The lowest BCUT2D eigenvalue weighted by Gasteiger charge is -2.16. The Hall–Kier alpha value is -0.810. The number of hydrogen-bond acceptors (Lipinski definition) is 3. The molecule has 15 heavy (non-hydrogen) atoms. The van der Waals surface area contributed by atoms with E-state index in [1.165, 1.54) is 20.3 Å². The fourth-order valence-corrected chi connectivity index (χ4v) is 2.26. The van der Waals surface area contributed by atoms with Gasteiger partial charge in [-0.25, -0.2) is 4.39 Å².